The Morgan fingerprint density at radius 2 is 1.86 bits per heavy atom. The molecule has 0 amide bonds. The van der Waals surface area contributed by atoms with Gasteiger partial charge < -0.3 is 10.7 Å². The molecular weight excluding hydrogens is 527 g/mol. The average Bonchev–Trinajstić information content (AvgIpc) is 2.95. The van der Waals surface area contributed by atoms with Crippen LogP contribution in [0.5, 0.6) is 0 Å². The summed E-state index contributed by atoms with van der Waals surface area (Å²) in [7, 11) is -4.55. The molecule has 28 heavy (non-hydrogen) atoms. The van der Waals surface area contributed by atoms with Crippen LogP contribution in [0, 0.1) is 0 Å². The second-order valence-electron chi connectivity index (χ2n) is 6.09. The van der Waals surface area contributed by atoms with Gasteiger partial charge in [0.1, 0.15) is 10.9 Å². The number of nitrogens with two attached hydrogens (primary N) is 1. The Hall–Kier alpha value is -1.56. The highest BCUT2D eigenvalue weighted by Gasteiger charge is 2.43. The highest BCUT2D eigenvalue weighted by Crippen LogP contribution is 2.33. The van der Waals surface area contributed by atoms with Gasteiger partial charge in [0.2, 0.25) is 10.0 Å². The molecule has 0 fully saturated rings. The molecule has 0 spiro atoms. The summed E-state index contributed by atoms with van der Waals surface area (Å²) in [5.41, 5.74) is 6.58. The van der Waals surface area contributed by atoms with Crippen LogP contribution in [0.3, 0.4) is 0 Å². The zero-order chi connectivity index (χ0) is 20.7. The van der Waals surface area contributed by atoms with E-state index < -0.39 is 33.6 Å². The largest absolute Gasteiger partial charge is 0.405 e. The van der Waals surface area contributed by atoms with E-state index in [0.717, 1.165) is 0 Å². The number of hydrogen-bond donors (Lipinski definition) is 3. The van der Waals surface area contributed by atoms with E-state index in [0.29, 0.717) is 20.9 Å². The van der Waals surface area contributed by atoms with Crippen LogP contribution in [0.4, 0.5) is 18.9 Å². The van der Waals surface area contributed by atoms with Crippen LogP contribution in [0.25, 0.3) is 10.9 Å². The molecule has 1 unspecified atom stereocenters. The summed E-state index contributed by atoms with van der Waals surface area (Å²) in [6.07, 6.45) is -3.93. The number of anilines is 1. The minimum atomic E-state index is -4.80. The second-order valence-corrected chi connectivity index (χ2v) is 9.51. The van der Waals surface area contributed by atoms with Gasteiger partial charge in [-0.15, -0.1) is 0 Å². The summed E-state index contributed by atoms with van der Waals surface area (Å²) in [5.74, 6) is 0. The third-order valence-corrected chi connectivity index (χ3v) is 7.03. The van der Waals surface area contributed by atoms with E-state index >= 15 is 0 Å². The fourth-order valence-corrected chi connectivity index (χ4v) is 6.15. The number of nitrogen functional groups attached to an aromatic ring is 1. The van der Waals surface area contributed by atoms with Crippen molar-refractivity contribution in [3.05, 3.63) is 57.1 Å². The normalized spacial score (nSPS) is 13.8. The number of benzene rings is 2. The number of hydrogen-bond acceptors (Lipinski definition) is 3. The van der Waals surface area contributed by atoms with Gasteiger partial charge >= 0.3 is 6.18 Å². The first kappa shape index (κ1) is 21.2. The number of aromatic amines is 1. The van der Waals surface area contributed by atoms with Crippen molar-refractivity contribution in [3.63, 3.8) is 0 Å². The Labute approximate surface area is 175 Å². The molecule has 0 aliphatic rings. The number of aromatic nitrogens is 1. The molecule has 0 aliphatic heterocycles. The van der Waals surface area contributed by atoms with Gasteiger partial charge in [0.05, 0.1) is 5.69 Å². The smallest absolute Gasteiger partial charge is 0.398 e. The standard InChI is InChI=1S/C17H14Br2F3N3O2S/c18-10-6-12(19)16(13(23)7-10)28(26,27)25-15(17(20,21)22)5-9-8-24-14-4-2-1-3-11(9)14/h1-4,6-8,15,24-25H,5,23H2. The van der Waals surface area contributed by atoms with E-state index in [-0.39, 0.29) is 10.2 Å². The molecule has 1 heterocycles. The summed E-state index contributed by atoms with van der Waals surface area (Å²) < 4.78 is 68.6. The van der Waals surface area contributed by atoms with Crippen LogP contribution >= 0.6 is 31.9 Å². The topological polar surface area (TPSA) is 88.0 Å². The van der Waals surface area contributed by atoms with Crippen molar-refractivity contribution in [2.75, 3.05) is 5.73 Å². The van der Waals surface area contributed by atoms with Crippen LogP contribution in [-0.2, 0) is 16.4 Å². The molecule has 11 heteroatoms. The van der Waals surface area contributed by atoms with Gasteiger partial charge in [0.15, 0.2) is 0 Å². The second kappa shape index (κ2) is 7.69. The number of nitrogens with one attached hydrogen (secondary N) is 2. The number of para-hydroxylation sites is 1. The first-order valence-electron chi connectivity index (χ1n) is 7.87. The number of H-pyrrole nitrogens is 1. The van der Waals surface area contributed by atoms with Crippen molar-refractivity contribution in [2.45, 2.75) is 23.5 Å². The molecule has 3 aromatic rings. The molecule has 0 saturated heterocycles. The highest BCUT2D eigenvalue weighted by atomic mass is 79.9. The number of sulfonamides is 1. The lowest BCUT2D eigenvalue weighted by Crippen LogP contribution is -2.46. The summed E-state index contributed by atoms with van der Waals surface area (Å²) in [6, 6.07) is 7.23. The molecule has 1 aromatic heterocycles. The van der Waals surface area contributed by atoms with E-state index in [1.165, 1.54) is 18.3 Å². The Kier molecular flexibility index (Phi) is 5.81. The predicted octanol–water partition coefficient (Wildman–Crippen LogP) is 4.73. The van der Waals surface area contributed by atoms with E-state index in [1.807, 2.05) is 0 Å². The summed E-state index contributed by atoms with van der Waals surface area (Å²) in [6.45, 7) is 0. The Morgan fingerprint density at radius 1 is 1.18 bits per heavy atom. The molecule has 4 N–H and O–H groups in total. The average molecular weight is 541 g/mol. The lowest BCUT2D eigenvalue weighted by Gasteiger charge is -2.22. The molecule has 0 saturated carbocycles. The molecule has 1 atom stereocenters. The van der Waals surface area contributed by atoms with Crippen molar-refractivity contribution in [3.8, 4) is 0 Å². The maximum atomic E-state index is 13.6. The first-order chi connectivity index (χ1) is 13.0. The summed E-state index contributed by atoms with van der Waals surface area (Å²) in [4.78, 5) is 2.45. The molecule has 2 aromatic carbocycles. The van der Waals surface area contributed by atoms with E-state index in [2.05, 4.69) is 36.8 Å². The fourth-order valence-electron chi connectivity index (χ4n) is 2.85. The fraction of sp³-hybridized carbons (Fsp3) is 0.176. The van der Waals surface area contributed by atoms with Crippen LogP contribution in [0.15, 0.2) is 56.4 Å². The minimum absolute atomic E-state index is 0.0555. The van der Waals surface area contributed by atoms with Gasteiger partial charge in [-0.05, 0) is 46.1 Å². The van der Waals surface area contributed by atoms with Gasteiger partial charge in [-0.3, -0.25) is 0 Å². The number of halogens is 5. The number of rotatable bonds is 5. The molecule has 3 rings (SSSR count). The van der Waals surface area contributed by atoms with Crippen molar-refractivity contribution >= 4 is 58.5 Å². The van der Waals surface area contributed by atoms with Crippen molar-refractivity contribution in [1.82, 2.24) is 9.71 Å². The van der Waals surface area contributed by atoms with Crippen molar-refractivity contribution in [2.24, 2.45) is 0 Å². The highest BCUT2D eigenvalue weighted by molar-refractivity contribution is 9.11. The third-order valence-electron chi connectivity index (χ3n) is 4.10. The molecule has 0 aliphatic carbocycles. The first-order valence-corrected chi connectivity index (χ1v) is 10.9. The maximum absolute atomic E-state index is 13.6. The number of alkyl halides is 3. The Morgan fingerprint density at radius 3 is 2.50 bits per heavy atom. The summed E-state index contributed by atoms with van der Waals surface area (Å²) in [5, 5.41) is 0.597. The van der Waals surface area contributed by atoms with Gasteiger partial charge in [0, 0.05) is 26.0 Å². The van der Waals surface area contributed by atoms with Crippen molar-refractivity contribution in [1.29, 1.82) is 0 Å². The summed E-state index contributed by atoms with van der Waals surface area (Å²) >= 11 is 6.20. The monoisotopic (exact) mass is 539 g/mol. The predicted molar refractivity (Wildman–Crippen MR) is 108 cm³/mol. The molecule has 0 bridgehead atoms. The Bertz CT molecular complexity index is 1110. The van der Waals surface area contributed by atoms with Crippen LogP contribution in [0.2, 0.25) is 0 Å². The molecular formula is C17H14Br2F3N3O2S. The van der Waals surface area contributed by atoms with Gasteiger partial charge in [-0.1, -0.05) is 34.1 Å². The zero-order valence-electron chi connectivity index (χ0n) is 14.0. The van der Waals surface area contributed by atoms with E-state index in [4.69, 9.17) is 5.73 Å². The van der Waals surface area contributed by atoms with Crippen molar-refractivity contribution < 1.29 is 21.6 Å². The third kappa shape index (κ3) is 4.37. The lowest BCUT2D eigenvalue weighted by molar-refractivity contribution is -0.150. The minimum Gasteiger partial charge on any atom is -0.398 e. The van der Waals surface area contributed by atoms with Gasteiger partial charge in [0.25, 0.3) is 0 Å². The SMILES string of the molecule is Nc1cc(Br)cc(Br)c1S(=O)(=O)NC(Cc1c[nH]c2ccccc12)C(F)(F)F. The lowest BCUT2D eigenvalue weighted by atomic mass is 10.1. The van der Waals surface area contributed by atoms with Gasteiger partial charge in [-0.25, -0.2) is 8.42 Å². The molecule has 5 nitrogen and oxygen atoms in total. The van der Waals surface area contributed by atoms with Crippen LogP contribution < -0.4 is 10.5 Å². The maximum Gasteiger partial charge on any atom is 0.405 e. The zero-order valence-corrected chi connectivity index (χ0v) is 18.0. The quantitative estimate of drug-likeness (QED) is 0.409. The van der Waals surface area contributed by atoms with Crippen LogP contribution in [0.1, 0.15) is 5.56 Å². The molecule has 150 valence electrons. The van der Waals surface area contributed by atoms with Crippen LogP contribution in [-0.4, -0.2) is 25.6 Å². The number of fused-ring (bicyclic) bond motifs is 1. The molecule has 0 radical (unpaired) electrons. The van der Waals surface area contributed by atoms with Gasteiger partial charge in [-0.2, -0.15) is 17.9 Å². The van der Waals surface area contributed by atoms with E-state index in [9.17, 15) is 21.6 Å². The van der Waals surface area contributed by atoms with E-state index in [1.54, 1.807) is 29.0 Å². The Balaban J connectivity index is 1.98.